The molecule has 2 N–H and O–H groups in total. The van der Waals surface area contributed by atoms with Crippen LogP contribution in [0.3, 0.4) is 0 Å². The molecular formula is C26H22N2O4. The van der Waals surface area contributed by atoms with E-state index in [9.17, 15) is 14.4 Å². The van der Waals surface area contributed by atoms with E-state index in [2.05, 4.69) is 10.3 Å². The second kappa shape index (κ2) is 8.89. The lowest BCUT2D eigenvalue weighted by molar-refractivity contribution is 0.0526. The van der Waals surface area contributed by atoms with Crippen LogP contribution in [0.1, 0.15) is 38.8 Å². The zero-order chi connectivity index (χ0) is 22.7. The third kappa shape index (κ3) is 4.03. The average molecular weight is 426 g/mol. The number of aryl methyl sites for hydroxylation is 1. The van der Waals surface area contributed by atoms with Gasteiger partial charge in [-0.1, -0.05) is 42.5 Å². The van der Waals surface area contributed by atoms with Gasteiger partial charge in [-0.3, -0.25) is 9.59 Å². The molecule has 0 aliphatic carbocycles. The molecule has 3 aromatic carbocycles. The number of aromatic amines is 1. The van der Waals surface area contributed by atoms with Crippen molar-refractivity contribution in [1.82, 2.24) is 4.98 Å². The van der Waals surface area contributed by atoms with Crippen molar-refractivity contribution < 1.29 is 14.3 Å². The lowest BCUT2D eigenvalue weighted by Crippen LogP contribution is -2.16. The van der Waals surface area contributed by atoms with Gasteiger partial charge >= 0.3 is 5.97 Å². The number of pyridine rings is 1. The lowest BCUT2D eigenvalue weighted by Gasteiger charge is -2.15. The summed E-state index contributed by atoms with van der Waals surface area (Å²) in [4.78, 5) is 41.0. The number of rotatable bonds is 6. The Balaban J connectivity index is 1.82. The molecule has 1 heterocycles. The first-order chi connectivity index (χ1) is 15.5. The zero-order valence-corrected chi connectivity index (χ0v) is 17.8. The summed E-state index contributed by atoms with van der Waals surface area (Å²) >= 11 is 0. The summed E-state index contributed by atoms with van der Waals surface area (Å²) in [6.45, 7) is 3.92. The first-order valence-electron chi connectivity index (χ1n) is 10.3. The quantitative estimate of drug-likeness (QED) is 0.335. The van der Waals surface area contributed by atoms with Crippen LogP contribution in [0.2, 0.25) is 0 Å². The summed E-state index contributed by atoms with van der Waals surface area (Å²) in [6.07, 6.45) is 0. The van der Waals surface area contributed by atoms with Crippen molar-refractivity contribution in [1.29, 1.82) is 0 Å². The van der Waals surface area contributed by atoms with Crippen LogP contribution in [0.5, 0.6) is 0 Å². The fourth-order valence-corrected chi connectivity index (χ4v) is 3.62. The average Bonchev–Trinajstić information content (AvgIpc) is 2.80. The van der Waals surface area contributed by atoms with Gasteiger partial charge in [-0.05, 0) is 49.7 Å². The van der Waals surface area contributed by atoms with Crippen LogP contribution in [0.25, 0.3) is 10.8 Å². The number of H-pyrrole nitrogens is 1. The number of esters is 1. The van der Waals surface area contributed by atoms with Crippen molar-refractivity contribution in [2.75, 3.05) is 11.9 Å². The summed E-state index contributed by atoms with van der Waals surface area (Å²) < 4.78 is 5.01. The molecule has 0 atom stereocenters. The maximum atomic E-state index is 13.6. The Labute approximate surface area is 184 Å². The van der Waals surface area contributed by atoms with E-state index in [4.69, 9.17) is 4.74 Å². The maximum absolute atomic E-state index is 13.6. The van der Waals surface area contributed by atoms with Crippen LogP contribution in [0.15, 0.2) is 77.6 Å². The topological polar surface area (TPSA) is 88.3 Å². The molecule has 0 unspecified atom stereocenters. The highest BCUT2D eigenvalue weighted by molar-refractivity contribution is 6.20. The Kier molecular flexibility index (Phi) is 5.85. The Morgan fingerprint density at radius 3 is 2.25 bits per heavy atom. The summed E-state index contributed by atoms with van der Waals surface area (Å²) in [5.74, 6) is -0.305. The maximum Gasteiger partial charge on any atom is 0.338 e. The van der Waals surface area contributed by atoms with Crippen LogP contribution in [0, 0.1) is 6.92 Å². The van der Waals surface area contributed by atoms with E-state index < -0.39 is 5.97 Å². The molecule has 0 spiro atoms. The summed E-state index contributed by atoms with van der Waals surface area (Å²) in [7, 11) is 0. The second-order valence-electron chi connectivity index (χ2n) is 7.32. The molecule has 6 nitrogen and oxygen atoms in total. The molecule has 160 valence electrons. The van der Waals surface area contributed by atoms with Gasteiger partial charge < -0.3 is 15.0 Å². The monoisotopic (exact) mass is 426 g/mol. The first-order valence-corrected chi connectivity index (χ1v) is 10.3. The minimum Gasteiger partial charge on any atom is -0.462 e. The molecule has 0 fully saturated rings. The predicted octanol–water partition coefficient (Wildman–Crippen LogP) is 4.99. The fraction of sp³-hybridized carbons (Fsp3) is 0.115. The number of ether oxygens (including phenoxy) is 1. The van der Waals surface area contributed by atoms with Crippen LogP contribution in [-0.2, 0) is 4.74 Å². The normalized spacial score (nSPS) is 10.7. The van der Waals surface area contributed by atoms with Crippen molar-refractivity contribution in [3.05, 3.63) is 105 Å². The van der Waals surface area contributed by atoms with Gasteiger partial charge in [-0.25, -0.2) is 4.79 Å². The van der Waals surface area contributed by atoms with E-state index in [1.807, 2.05) is 25.1 Å². The Hall–Kier alpha value is -4.19. The molecule has 0 radical (unpaired) electrons. The molecule has 0 amide bonds. The molecule has 4 aromatic rings. The fourth-order valence-electron chi connectivity index (χ4n) is 3.62. The van der Waals surface area contributed by atoms with Crippen LogP contribution < -0.4 is 10.9 Å². The Morgan fingerprint density at radius 1 is 0.906 bits per heavy atom. The minimum atomic E-state index is -0.409. The summed E-state index contributed by atoms with van der Waals surface area (Å²) in [5.41, 5.74) is 2.52. The number of anilines is 2. The standard InChI is InChI=1S/C26H22N2O4/c1-3-32-26(31)17-12-14-18(15-13-17)27-24-22(23(29)19-9-5-4-8-16(19)2)20-10-6-7-11-21(20)25(30)28-24/h4-15H,3H2,1-2H3,(H2,27,28,30). The minimum absolute atomic E-state index is 0.193. The second-order valence-corrected chi connectivity index (χ2v) is 7.32. The molecule has 0 bridgehead atoms. The first kappa shape index (κ1) is 21.1. The third-order valence-electron chi connectivity index (χ3n) is 5.21. The number of aromatic nitrogens is 1. The van der Waals surface area contributed by atoms with Gasteiger partial charge in [-0.2, -0.15) is 0 Å². The number of hydrogen-bond acceptors (Lipinski definition) is 5. The van der Waals surface area contributed by atoms with Gasteiger partial charge in [0, 0.05) is 22.0 Å². The van der Waals surface area contributed by atoms with Gasteiger partial charge in [0.05, 0.1) is 17.7 Å². The molecule has 0 saturated carbocycles. The molecule has 32 heavy (non-hydrogen) atoms. The van der Waals surface area contributed by atoms with Gasteiger partial charge in [0.2, 0.25) is 0 Å². The number of benzene rings is 3. The highest BCUT2D eigenvalue weighted by Crippen LogP contribution is 2.28. The van der Waals surface area contributed by atoms with E-state index in [1.54, 1.807) is 61.5 Å². The SMILES string of the molecule is CCOC(=O)c1ccc(Nc2[nH]c(=O)c3ccccc3c2C(=O)c2ccccc2C)cc1. The van der Waals surface area contributed by atoms with Gasteiger partial charge in [0.1, 0.15) is 5.82 Å². The lowest BCUT2D eigenvalue weighted by atomic mass is 9.95. The van der Waals surface area contributed by atoms with E-state index in [1.165, 1.54) is 0 Å². The number of hydrogen-bond donors (Lipinski definition) is 2. The van der Waals surface area contributed by atoms with Crippen LogP contribution >= 0.6 is 0 Å². The Bertz CT molecular complexity index is 1370. The molecule has 0 saturated heterocycles. The number of ketones is 1. The molecule has 0 aliphatic rings. The molecule has 1 aromatic heterocycles. The van der Waals surface area contributed by atoms with E-state index >= 15 is 0 Å². The Morgan fingerprint density at radius 2 is 1.56 bits per heavy atom. The molecule has 6 heteroatoms. The number of fused-ring (bicyclic) bond motifs is 1. The molecular weight excluding hydrogens is 404 g/mol. The van der Waals surface area contributed by atoms with Gasteiger partial charge in [-0.15, -0.1) is 0 Å². The summed E-state index contributed by atoms with van der Waals surface area (Å²) in [5, 5.41) is 4.15. The van der Waals surface area contributed by atoms with Crippen molar-refractivity contribution in [3.8, 4) is 0 Å². The van der Waals surface area contributed by atoms with Crippen molar-refractivity contribution >= 4 is 34.0 Å². The smallest absolute Gasteiger partial charge is 0.338 e. The highest BCUT2D eigenvalue weighted by Gasteiger charge is 2.21. The van der Waals surface area contributed by atoms with Crippen molar-refractivity contribution in [2.45, 2.75) is 13.8 Å². The van der Waals surface area contributed by atoms with Crippen LogP contribution in [-0.4, -0.2) is 23.3 Å². The van der Waals surface area contributed by atoms with E-state index in [-0.39, 0.29) is 11.3 Å². The third-order valence-corrected chi connectivity index (χ3v) is 5.21. The van der Waals surface area contributed by atoms with Crippen molar-refractivity contribution in [3.63, 3.8) is 0 Å². The van der Waals surface area contributed by atoms with Crippen LogP contribution in [0.4, 0.5) is 11.5 Å². The summed E-state index contributed by atoms with van der Waals surface area (Å²) in [6, 6.07) is 21.0. The number of carbonyl (C=O) groups is 2. The number of nitrogens with one attached hydrogen (secondary N) is 2. The highest BCUT2D eigenvalue weighted by atomic mass is 16.5. The van der Waals surface area contributed by atoms with Crippen molar-refractivity contribution in [2.24, 2.45) is 0 Å². The molecule has 0 aliphatic heterocycles. The van der Waals surface area contributed by atoms with Gasteiger partial charge in [0.25, 0.3) is 5.56 Å². The predicted molar refractivity (Wildman–Crippen MR) is 125 cm³/mol. The number of carbonyl (C=O) groups excluding carboxylic acids is 2. The molecule has 4 rings (SSSR count). The zero-order valence-electron chi connectivity index (χ0n) is 17.8. The largest absolute Gasteiger partial charge is 0.462 e. The van der Waals surface area contributed by atoms with E-state index in [0.29, 0.717) is 45.6 Å². The van der Waals surface area contributed by atoms with E-state index in [0.717, 1.165) is 5.56 Å². The van der Waals surface area contributed by atoms with Gasteiger partial charge in [0.15, 0.2) is 5.78 Å².